The number of carbonyl (C=O) groups is 11. The SMILES string of the molecule is CC(=S)[C@@H](NC(=O)[C@H](CC(N)=O)NC(=O)C1CC(O)CN1C(=O)CNC(=O)[C@H](Cc1cc(F)cc(F)c1)NC(=O)CNC(=O)[C@@H](CC(=O)O)NC(=O)[C@H](N)CS)C(=O)N[C@@H](CCCNC(=N)N)C(=O)I. The Morgan fingerprint density at radius 3 is 1.97 bits per heavy atom. The second-order valence-corrected chi connectivity index (χ2v) is 17.6. The molecule has 1 aromatic carbocycles. The third kappa shape index (κ3) is 20.8. The van der Waals surface area contributed by atoms with Crippen LogP contribution >= 0.6 is 47.4 Å². The number of nitrogens with two attached hydrogens (primary N) is 3. The van der Waals surface area contributed by atoms with Crippen molar-refractivity contribution in [1.82, 2.24) is 47.4 Å². The number of β-amino-alcohol motifs (C(OH)–C–C–N with tert-alkyl or cyclic N) is 1. The van der Waals surface area contributed by atoms with Gasteiger partial charge in [-0.05, 0) is 37.5 Å². The van der Waals surface area contributed by atoms with E-state index < -0.39 is 168 Å². The van der Waals surface area contributed by atoms with E-state index in [0.29, 0.717) is 12.5 Å². The van der Waals surface area contributed by atoms with E-state index in [1.807, 2.05) is 0 Å². The Hall–Kier alpha value is -6.19. The molecular weight excluding hydrogens is 1090 g/mol. The summed E-state index contributed by atoms with van der Waals surface area (Å²) in [7, 11) is 0. The first-order chi connectivity index (χ1) is 32.7. The van der Waals surface area contributed by atoms with Gasteiger partial charge < -0.3 is 74.8 Å². The maximum absolute atomic E-state index is 14.1. The Morgan fingerprint density at radius 1 is 0.829 bits per heavy atom. The van der Waals surface area contributed by atoms with Gasteiger partial charge in [0.15, 0.2) is 5.96 Å². The Bertz CT molecular complexity index is 2180. The van der Waals surface area contributed by atoms with Gasteiger partial charge in [0.1, 0.15) is 41.8 Å². The Labute approximate surface area is 422 Å². The molecule has 1 aliphatic heterocycles. The maximum atomic E-state index is 14.1. The van der Waals surface area contributed by atoms with Crippen LogP contribution in [-0.2, 0) is 59.2 Å². The highest BCUT2D eigenvalue weighted by Gasteiger charge is 2.41. The minimum absolute atomic E-state index is 0.0956. The third-order valence-corrected chi connectivity index (χ3v) is 11.2. The number of carboxylic acids is 1. The van der Waals surface area contributed by atoms with E-state index in [9.17, 15) is 71.7 Å². The molecule has 8 atom stereocenters. The van der Waals surface area contributed by atoms with Crippen LogP contribution in [0.3, 0.4) is 0 Å². The number of rotatable bonds is 28. The highest BCUT2D eigenvalue weighted by atomic mass is 127. The summed E-state index contributed by atoms with van der Waals surface area (Å²) in [5, 5.41) is 45.2. The highest BCUT2D eigenvalue weighted by Crippen LogP contribution is 2.19. The van der Waals surface area contributed by atoms with E-state index in [-0.39, 0.29) is 35.1 Å². The largest absolute Gasteiger partial charge is 0.481 e. The molecule has 1 aromatic rings. The zero-order valence-corrected chi connectivity index (χ0v) is 41.1. The predicted octanol–water partition coefficient (Wildman–Crippen LogP) is -5.65. The van der Waals surface area contributed by atoms with Crippen LogP contribution in [0.25, 0.3) is 0 Å². The number of likely N-dealkylation sites (tertiary alicyclic amines) is 1. The van der Waals surface area contributed by atoms with Crippen LogP contribution in [0.5, 0.6) is 0 Å². The van der Waals surface area contributed by atoms with Crippen molar-refractivity contribution in [2.24, 2.45) is 17.2 Å². The van der Waals surface area contributed by atoms with Crippen molar-refractivity contribution in [3.05, 3.63) is 35.4 Å². The van der Waals surface area contributed by atoms with Crippen molar-refractivity contribution in [3.8, 4) is 0 Å². The number of nitrogens with zero attached hydrogens (tertiary/aromatic N) is 1. The number of guanidine groups is 1. The molecule has 0 bridgehead atoms. The molecule has 31 heteroatoms. The summed E-state index contributed by atoms with van der Waals surface area (Å²) in [4.78, 5) is 142. The number of carbonyl (C=O) groups excluding carboxylic acids is 10. The molecule has 0 saturated carbocycles. The van der Waals surface area contributed by atoms with Crippen molar-refractivity contribution < 1.29 is 71.7 Å². The van der Waals surface area contributed by atoms with E-state index in [2.05, 4.69) is 55.2 Å². The van der Waals surface area contributed by atoms with Gasteiger partial charge in [-0.3, -0.25) is 58.1 Å². The fourth-order valence-corrected chi connectivity index (χ4v) is 7.28. The number of hydrogen-bond acceptors (Lipinski definition) is 16. The Balaban J connectivity index is 2.23. The smallest absolute Gasteiger partial charge is 0.305 e. The minimum Gasteiger partial charge on any atom is -0.481 e. The summed E-state index contributed by atoms with van der Waals surface area (Å²) in [5.41, 5.74) is 16.0. The van der Waals surface area contributed by atoms with Gasteiger partial charge in [-0.2, -0.15) is 12.6 Å². The van der Waals surface area contributed by atoms with Crippen LogP contribution in [0, 0.1) is 17.0 Å². The quantitative estimate of drug-likeness (QED) is 0.00707. The minimum atomic E-state index is -1.79. The van der Waals surface area contributed by atoms with E-state index in [1.54, 1.807) is 0 Å². The third-order valence-electron chi connectivity index (χ3n) is 9.87. The second-order valence-electron chi connectivity index (χ2n) is 15.6. The molecule has 0 radical (unpaired) electrons. The molecule has 0 aromatic heterocycles. The van der Waals surface area contributed by atoms with Gasteiger partial charge in [0.05, 0.1) is 44.1 Å². The number of benzene rings is 1. The molecule has 1 heterocycles. The molecule has 70 heavy (non-hydrogen) atoms. The molecule has 0 spiro atoms. The Morgan fingerprint density at radius 2 is 1.41 bits per heavy atom. The average Bonchev–Trinajstić information content (AvgIpc) is 3.66. The lowest BCUT2D eigenvalue weighted by atomic mass is 10.0. The van der Waals surface area contributed by atoms with Crippen LogP contribution in [-0.4, -0.2) is 169 Å². The first-order valence-electron chi connectivity index (χ1n) is 20.9. The van der Waals surface area contributed by atoms with E-state index in [0.717, 1.165) is 17.0 Å². The zero-order valence-electron chi connectivity index (χ0n) is 37.2. The van der Waals surface area contributed by atoms with E-state index in [4.69, 9.17) is 34.8 Å². The molecule has 2 rings (SSSR count). The van der Waals surface area contributed by atoms with E-state index >= 15 is 0 Å². The average molecular weight is 1140 g/mol. The van der Waals surface area contributed by atoms with Crippen molar-refractivity contribution in [3.63, 3.8) is 0 Å². The number of aliphatic hydroxyl groups is 1. The van der Waals surface area contributed by atoms with Gasteiger partial charge in [0.25, 0.3) is 0 Å². The van der Waals surface area contributed by atoms with Crippen LogP contribution in [0.4, 0.5) is 8.78 Å². The predicted molar refractivity (Wildman–Crippen MR) is 256 cm³/mol. The lowest BCUT2D eigenvalue weighted by Gasteiger charge is -2.27. The maximum Gasteiger partial charge on any atom is 0.305 e. The number of nitrogens with one attached hydrogen (secondary N) is 9. The van der Waals surface area contributed by atoms with Gasteiger partial charge >= 0.3 is 5.97 Å². The number of carboxylic acid groups (broad SMARTS) is 1. The van der Waals surface area contributed by atoms with E-state index in [1.165, 1.54) is 29.5 Å². The number of halogens is 3. The number of aliphatic carboxylic acids is 1. The number of amides is 9. The summed E-state index contributed by atoms with van der Waals surface area (Å²) < 4.78 is 27.8. The lowest BCUT2D eigenvalue weighted by molar-refractivity contribution is -0.141. The number of hydrogen-bond donors (Lipinski definition) is 15. The van der Waals surface area contributed by atoms with Crippen molar-refractivity contribution >= 4 is 121 Å². The summed E-state index contributed by atoms with van der Waals surface area (Å²) in [5.74, 6) is -13.7. The number of thiocarbonyl (C=S) groups is 1. The summed E-state index contributed by atoms with van der Waals surface area (Å²) in [6.45, 7) is -0.839. The molecule has 1 fully saturated rings. The molecule has 9 amide bonds. The fourth-order valence-electron chi connectivity index (χ4n) is 6.48. The standard InChI is InChI=1S/C39H54F2IN13O13S2/c1-16(70)31(38(68)51-22(32(42)62)3-2-4-47-39(45)46)54-36(66)24(10-27(44)57)53-37(67)26-9-20(56)14-55(26)29(59)13-49-34(64)23(7-17-5-18(40)8-19(41)6-17)50-28(58)12-48-35(65)25(11-30(60)61)52-33(63)21(43)15-69/h5-6,8,20-26,31,56,69H,2-4,7,9-15,43H2,1H3,(H2,44,57)(H,48,65)(H,49,64)(H,50,58)(H,51,68)(H,52,63)(H,53,67)(H,54,66)(H,60,61)(H4,45,46,47)/t20?,21-,22+,23+,24+,25-,26?,31-/m1/s1. The fraction of sp³-hybridized carbons (Fsp3) is 0.513. The van der Waals surface area contributed by atoms with Crippen LogP contribution in [0.15, 0.2) is 18.2 Å². The lowest BCUT2D eigenvalue weighted by Crippen LogP contribution is -2.59. The van der Waals surface area contributed by atoms with Crippen molar-refractivity contribution in [2.75, 3.05) is 31.9 Å². The van der Waals surface area contributed by atoms with Crippen LogP contribution in [0.1, 0.15) is 44.6 Å². The first kappa shape index (κ1) is 59.9. The molecule has 1 aliphatic rings. The monoisotopic (exact) mass is 1140 g/mol. The molecule has 17 N–H and O–H groups in total. The van der Waals surface area contributed by atoms with Gasteiger partial charge in [-0.25, -0.2) is 8.78 Å². The molecule has 2 unspecified atom stereocenters. The number of aliphatic hydroxyl groups excluding tert-OH is 1. The highest BCUT2D eigenvalue weighted by molar-refractivity contribution is 14.1. The second kappa shape index (κ2) is 29.1. The topological polar surface area (TPSA) is 430 Å². The van der Waals surface area contributed by atoms with Crippen LogP contribution in [0.2, 0.25) is 0 Å². The summed E-state index contributed by atoms with van der Waals surface area (Å²) >= 11 is 10.5. The normalized spacial score (nSPS) is 16.6. The molecule has 1 saturated heterocycles. The first-order valence-corrected chi connectivity index (χ1v) is 23.0. The van der Waals surface area contributed by atoms with Gasteiger partial charge in [0, 0.05) is 65.2 Å². The zero-order chi connectivity index (χ0) is 53.0. The number of primary amides is 1. The molecular formula is C39H54F2IN13O13S2. The van der Waals surface area contributed by atoms with Crippen molar-refractivity contribution in [1.29, 1.82) is 5.41 Å². The molecule has 26 nitrogen and oxygen atoms in total. The van der Waals surface area contributed by atoms with Gasteiger partial charge in [-0.1, -0.05) is 12.2 Å². The number of thiol groups is 1. The Kier molecular flexibility index (Phi) is 24.9. The summed E-state index contributed by atoms with van der Waals surface area (Å²) in [6.07, 6.45) is -3.72. The molecule has 0 aliphatic carbocycles. The van der Waals surface area contributed by atoms with Crippen molar-refractivity contribution in [2.45, 2.75) is 93.8 Å². The molecule has 386 valence electrons. The van der Waals surface area contributed by atoms with Crippen LogP contribution < -0.4 is 59.7 Å². The van der Waals surface area contributed by atoms with Gasteiger partial charge in [-0.15, -0.1) is 0 Å². The summed E-state index contributed by atoms with van der Waals surface area (Å²) in [6, 6.07) is -8.40. The van der Waals surface area contributed by atoms with Gasteiger partial charge in [0.2, 0.25) is 57.0 Å².